The summed E-state index contributed by atoms with van der Waals surface area (Å²) < 4.78 is 6.09. The van der Waals surface area contributed by atoms with Crippen LogP contribution in [-0.2, 0) is 5.75 Å². The number of aromatic nitrogens is 2. The SMILES string of the molecule is Cc1nc(C2CC2)nc(SCc2ccc(Br)o2)c1C(=O)O. The second-order valence-corrected chi connectivity index (χ2v) is 6.67. The summed E-state index contributed by atoms with van der Waals surface area (Å²) in [6, 6.07) is 3.67. The number of hydrogen-bond acceptors (Lipinski definition) is 5. The predicted octanol–water partition coefficient (Wildman–Crippen LogP) is 4.01. The van der Waals surface area contributed by atoms with Crippen molar-refractivity contribution in [2.24, 2.45) is 0 Å². The Bertz CT molecular complexity index is 698. The van der Waals surface area contributed by atoms with E-state index >= 15 is 0 Å². The predicted molar refractivity (Wildman–Crippen MR) is 81.7 cm³/mol. The van der Waals surface area contributed by atoms with Gasteiger partial charge in [-0.3, -0.25) is 0 Å². The van der Waals surface area contributed by atoms with Crippen LogP contribution >= 0.6 is 27.7 Å². The third-order valence-electron chi connectivity index (χ3n) is 3.21. The van der Waals surface area contributed by atoms with Gasteiger partial charge >= 0.3 is 5.97 Å². The van der Waals surface area contributed by atoms with Gasteiger partial charge in [-0.05, 0) is 47.8 Å². The molecule has 3 rings (SSSR count). The molecule has 0 aliphatic heterocycles. The minimum absolute atomic E-state index is 0.190. The highest BCUT2D eigenvalue weighted by molar-refractivity contribution is 9.10. The zero-order chi connectivity index (χ0) is 15.0. The molecule has 0 aromatic carbocycles. The Morgan fingerprint density at radius 1 is 1.48 bits per heavy atom. The Morgan fingerprint density at radius 2 is 2.24 bits per heavy atom. The van der Waals surface area contributed by atoms with Gasteiger partial charge in [-0.15, -0.1) is 0 Å². The van der Waals surface area contributed by atoms with E-state index in [9.17, 15) is 9.90 Å². The van der Waals surface area contributed by atoms with Crippen molar-refractivity contribution in [3.63, 3.8) is 0 Å². The maximum absolute atomic E-state index is 11.4. The van der Waals surface area contributed by atoms with Crippen molar-refractivity contribution in [1.82, 2.24) is 9.97 Å². The van der Waals surface area contributed by atoms with Crippen molar-refractivity contribution in [2.45, 2.75) is 36.5 Å². The molecule has 0 atom stereocenters. The fourth-order valence-electron chi connectivity index (χ4n) is 2.01. The molecular weight excluding hydrogens is 356 g/mol. The molecule has 0 radical (unpaired) electrons. The van der Waals surface area contributed by atoms with E-state index in [2.05, 4.69) is 25.9 Å². The molecule has 0 saturated heterocycles. The number of hydrogen-bond donors (Lipinski definition) is 1. The summed E-state index contributed by atoms with van der Waals surface area (Å²) in [4.78, 5) is 20.2. The number of aromatic carboxylic acids is 1. The van der Waals surface area contributed by atoms with Crippen molar-refractivity contribution >= 4 is 33.7 Å². The van der Waals surface area contributed by atoms with Gasteiger partial charge in [0, 0.05) is 5.92 Å². The number of furan rings is 1. The largest absolute Gasteiger partial charge is 0.478 e. The fraction of sp³-hybridized carbons (Fsp3) is 0.357. The number of halogens is 1. The molecule has 21 heavy (non-hydrogen) atoms. The van der Waals surface area contributed by atoms with E-state index < -0.39 is 5.97 Å². The van der Waals surface area contributed by atoms with Crippen molar-refractivity contribution in [2.75, 3.05) is 0 Å². The normalized spacial score (nSPS) is 14.4. The van der Waals surface area contributed by atoms with Crippen LogP contribution in [-0.4, -0.2) is 21.0 Å². The van der Waals surface area contributed by atoms with Gasteiger partial charge in [0.25, 0.3) is 0 Å². The van der Waals surface area contributed by atoms with Crippen LogP contribution in [0.1, 0.15) is 46.4 Å². The molecule has 2 aromatic rings. The molecule has 0 unspecified atom stereocenters. The average Bonchev–Trinajstić information content (AvgIpc) is 3.18. The summed E-state index contributed by atoms with van der Waals surface area (Å²) in [7, 11) is 0. The molecular formula is C14H13BrN2O3S. The summed E-state index contributed by atoms with van der Waals surface area (Å²) >= 11 is 4.62. The van der Waals surface area contributed by atoms with Crippen LogP contribution in [0.25, 0.3) is 0 Å². The maximum Gasteiger partial charge on any atom is 0.340 e. The number of thioether (sulfide) groups is 1. The Kier molecular flexibility index (Phi) is 4.03. The Balaban J connectivity index is 1.88. The van der Waals surface area contributed by atoms with Gasteiger partial charge < -0.3 is 9.52 Å². The van der Waals surface area contributed by atoms with Gasteiger partial charge in [-0.1, -0.05) is 11.8 Å². The first-order valence-corrected chi connectivity index (χ1v) is 8.31. The summed E-state index contributed by atoms with van der Waals surface area (Å²) in [5, 5.41) is 9.89. The second-order valence-electron chi connectivity index (χ2n) is 4.92. The van der Waals surface area contributed by atoms with Crippen molar-refractivity contribution in [3.05, 3.63) is 39.6 Å². The van der Waals surface area contributed by atoms with Crippen LogP contribution in [0.3, 0.4) is 0 Å². The Morgan fingerprint density at radius 3 is 2.81 bits per heavy atom. The van der Waals surface area contributed by atoms with Gasteiger partial charge in [-0.25, -0.2) is 14.8 Å². The van der Waals surface area contributed by atoms with Crippen LogP contribution in [0, 0.1) is 6.92 Å². The molecule has 110 valence electrons. The van der Waals surface area contributed by atoms with Crippen molar-refractivity contribution < 1.29 is 14.3 Å². The molecule has 1 saturated carbocycles. The number of nitrogens with zero attached hydrogens (tertiary/aromatic N) is 2. The summed E-state index contributed by atoms with van der Waals surface area (Å²) in [5.74, 6) is 1.47. The smallest absolute Gasteiger partial charge is 0.340 e. The van der Waals surface area contributed by atoms with Crippen molar-refractivity contribution in [1.29, 1.82) is 0 Å². The molecule has 0 amide bonds. The van der Waals surface area contributed by atoms with Crippen LogP contribution in [0.5, 0.6) is 0 Å². The van der Waals surface area contributed by atoms with E-state index in [1.54, 1.807) is 6.92 Å². The number of carbonyl (C=O) groups is 1. The lowest BCUT2D eigenvalue weighted by atomic mass is 10.2. The Hall–Kier alpha value is -1.34. The van der Waals surface area contributed by atoms with Gasteiger partial charge in [0.1, 0.15) is 22.2 Å². The quantitative estimate of drug-likeness (QED) is 0.634. The fourth-order valence-corrected chi connectivity index (χ4v) is 3.32. The third-order valence-corrected chi connectivity index (χ3v) is 4.63. The van der Waals surface area contributed by atoms with Crippen LogP contribution in [0.2, 0.25) is 0 Å². The topological polar surface area (TPSA) is 76.2 Å². The molecule has 2 heterocycles. The molecule has 1 aliphatic carbocycles. The van der Waals surface area contributed by atoms with E-state index in [0.717, 1.165) is 24.4 Å². The standard InChI is InChI=1S/C14H13BrN2O3S/c1-7-11(14(18)19)13(17-12(16-7)8-2-3-8)21-6-9-4-5-10(15)20-9/h4-5,8H,2-3,6H2,1H3,(H,18,19). The van der Waals surface area contributed by atoms with E-state index in [1.807, 2.05) is 12.1 Å². The minimum atomic E-state index is -0.988. The van der Waals surface area contributed by atoms with Crippen LogP contribution in [0.4, 0.5) is 0 Å². The Labute approximate surface area is 134 Å². The molecule has 7 heteroatoms. The first-order chi connectivity index (χ1) is 10.0. The van der Waals surface area contributed by atoms with E-state index in [4.69, 9.17) is 4.42 Å². The monoisotopic (exact) mass is 368 g/mol. The lowest BCUT2D eigenvalue weighted by Gasteiger charge is -2.09. The number of carboxylic acid groups (broad SMARTS) is 1. The lowest BCUT2D eigenvalue weighted by Crippen LogP contribution is -2.09. The number of rotatable bonds is 5. The van der Waals surface area contributed by atoms with Gasteiger partial charge in [0.2, 0.25) is 0 Å². The molecule has 5 nitrogen and oxygen atoms in total. The maximum atomic E-state index is 11.4. The van der Waals surface area contributed by atoms with Gasteiger partial charge in [0.15, 0.2) is 4.67 Å². The first kappa shape index (κ1) is 14.6. The minimum Gasteiger partial charge on any atom is -0.478 e. The first-order valence-electron chi connectivity index (χ1n) is 6.53. The second kappa shape index (κ2) is 5.81. The summed E-state index contributed by atoms with van der Waals surface area (Å²) in [6.07, 6.45) is 2.17. The molecule has 1 fully saturated rings. The number of carboxylic acids is 1. The van der Waals surface area contributed by atoms with Gasteiger partial charge in [-0.2, -0.15) is 0 Å². The highest BCUT2D eigenvalue weighted by Gasteiger charge is 2.29. The van der Waals surface area contributed by atoms with E-state index in [-0.39, 0.29) is 5.56 Å². The number of aryl methyl sites for hydroxylation is 1. The molecule has 1 N–H and O–H groups in total. The van der Waals surface area contributed by atoms with E-state index in [0.29, 0.717) is 27.1 Å². The molecule has 0 spiro atoms. The van der Waals surface area contributed by atoms with E-state index in [1.165, 1.54) is 11.8 Å². The van der Waals surface area contributed by atoms with Gasteiger partial charge in [0.05, 0.1) is 11.4 Å². The summed E-state index contributed by atoms with van der Waals surface area (Å²) in [6.45, 7) is 1.73. The zero-order valence-electron chi connectivity index (χ0n) is 11.3. The van der Waals surface area contributed by atoms with Crippen LogP contribution < -0.4 is 0 Å². The zero-order valence-corrected chi connectivity index (χ0v) is 13.7. The highest BCUT2D eigenvalue weighted by atomic mass is 79.9. The average molecular weight is 369 g/mol. The lowest BCUT2D eigenvalue weighted by molar-refractivity contribution is 0.0690. The summed E-state index contributed by atoms with van der Waals surface area (Å²) in [5.41, 5.74) is 0.720. The third kappa shape index (κ3) is 3.29. The highest BCUT2D eigenvalue weighted by Crippen LogP contribution is 2.39. The molecule has 0 bridgehead atoms. The molecule has 2 aromatic heterocycles. The van der Waals surface area contributed by atoms with Crippen molar-refractivity contribution in [3.8, 4) is 0 Å². The van der Waals surface area contributed by atoms with Crippen LogP contribution in [0.15, 0.2) is 26.2 Å². The molecule has 1 aliphatic rings.